The Morgan fingerprint density at radius 3 is 2.42 bits per heavy atom. The second-order valence-electron chi connectivity index (χ2n) is 4.96. The summed E-state index contributed by atoms with van der Waals surface area (Å²) in [4.78, 5) is 2.19. The number of piperidine rings is 1. The van der Waals surface area contributed by atoms with Gasteiger partial charge in [-0.1, -0.05) is 0 Å². The van der Waals surface area contributed by atoms with Crippen LogP contribution in [-0.2, 0) is 6.18 Å². The van der Waals surface area contributed by atoms with Crippen LogP contribution in [0.25, 0.3) is 0 Å². The maximum Gasteiger partial charge on any atom is 0.416 e. The van der Waals surface area contributed by atoms with Crippen molar-refractivity contribution in [3.63, 3.8) is 0 Å². The van der Waals surface area contributed by atoms with E-state index < -0.39 is 11.7 Å². The third-order valence-corrected chi connectivity index (χ3v) is 3.65. The molecular formula is C14H19F3N2. The van der Waals surface area contributed by atoms with Gasteiger partial charge in [-0.25, -0.2) is 0 Å². The summed E-state index contributed by atoms with van der Waals surface area (Å²) < 4.78 is 37.6. The number of hydrogen-bond donors (Lipinski definition) is 1. The maximum atomic E-state index is 12.5. The first kappa shape index (κ1) is 14.2. The second-order valence-corrected chi connectivity index (χ2v) is 4.96. The molecule has 2 rings (SSSR count). The SMILES string of the molecule is NCCC1CCCCN1c1ccc(C(F)(F)F)cc1. The van der Waals surface area contributed by atoms with Crippen LogP contribution in [0, 0.1) is 0 Å². The van der Waals surface area contributed by atoms with Crippen LogP contribution in [0.4, 0.5) is 18.9 Å². The number of nitrogens with two attached hydrogens (primary N) is 1. The first-order valence-corrected chi connectivity index (χ1v) is 6.66. The summed E-state index contributed by atoms with van der Waals surface area (Å²) in [5.41, 5.74) is 5.88. The zero-order valence-electron chi connectivity index (χ0n) is 10.8. The number of alkyl halides is 3. The molecule has 1 aliphatic rings. The lowest BCUT2D eigenvalue weighted by Gasteiger charge is -2.37. The lowest BCUT2D eigenvalue weighted by molar-refractivity contribution is -0.137. The number of benzene rings is 1. The smallest absolute Gasteiger partial charge is 0.369 e. The van der Waals surface area contributed by atoms with Crippen LogP contribution in [0.15, 0.2) is 24.3 Å². The molecule has 19 heavy (non-hydrogen) atoms. The molecule has 1 saturated heterocycles. The van der Waals surface area contributed by atoms with Crippen molar-refractivity contribution < 1.29 is 13.2 Å². The lowest BCUT2D eigenvalue weighted by Crippen LogP contribution is -2.40. The number of hydrogen-bond acceptors (Lipinski definition) is 2. The van der Waals surface area contributed by atoms with E-state index >= 15 is 0 Å². The standard InChI is InChI=1S/C14H19F3N2/c15-14(16,17)11-4-6-13(7-5-11)19-10-2-1-3-12(19)8-9-18/h4-7,12H,1-3,8-10,18H2. The Balaban J connectivity index is 2.15. The molecule has 106 valence electrons. The van der Waals surface area contributed by atoms with Gasteiger partial charge in [0.25, 0.3) is 0 Å². The second kappa shape index (κ2) is 5.82. The van der Waals surface area contributed by atoms with Gasteiger partial charge in [-0.15, -0.1) is 0 Å². The summed E-state index contributed by atoms with van der Waals surface area (Å²) >= 11 is 0. The van der Waals surface area contributed by atoms with Crippen molar-refractivity contribution in [1.82, 2.24) is 0 Å². The summed E-state index contributed by atoms with van der Waals surface area (Å²) in [6.07, 6.45) is -0.0553. The third-order valence-electron chi connectivity index (χ3n) is 3.65. The van der Waals surface area contributed by atoms with E-state index in [9.17, 15) is 13.2 Å². The number of anilines is 1. The Labute approximate surface area is 111 Å². The molecule has 0 spiro atoms. The summed E-state index contributed by atoms with van der Waals surface area (Å²) in [5.74, 6) is 0. The van der Waals surface area contributed by atoms with Gasteiger partial charge in [0.2, 0.25) is 0 Å². The summed E-state index contributed by atoms with van der Waals surface area (Å²) in [6, 6.07) is 5.80. The van der Waals surface area contributed by atoms with Gasteiger partial charge < -0.3 is 10.6 Å². The van der Waals surface area contributed by atoms with E-state index in [0.29, 0.717) is 12.6 Å². The van der Waals surface area contributed by atoms with Crippen LogP contribution in [0.2, 0.25) is 0 Å². The minimum Gasteiger partial charge on any atom is -0.369 e. The molecule has 2 nitrogen and oxygen atoms in total. The van der Waals surface area contributed by atoms with E-state index in [-0.39, 0.29) is 0 Å². The van der Waals surface area contributed by atoms with Crippen LogP contribution in [0.1, 0.15) is 31.2 Å². The van der Waals surface area contributed by atoms with Crippen LogP contribution >= 0.6 is 0 Å². The summed E-state index contributed by atoms with van der Waals surface area (Å²) in [6.45, 7) is 1.51. The van der Waals surface area contributed by atoms with Crippen LogP contribution in [-0.4, -0.2) is 19.1 Å². The van der Waals surface area contributed by atoms with Crippen molar-refractivity contribution >= 4 is 5.69 Å². The molecule has 1 aliphatic heterocycles. The summed E-state index contributed by atoms with van der Waals surface area (Å²) in [5, 5.41) is 0. The van der Waals surface area contributed by atoms with E-state index in [2.05, 4.69) is 4.90 Å². The Hall–Kier alpha value is -1.23. The summed E-state index contributed by atoms with van der Waals surface area (Å²) in [7, 11) is 0. The average molecular weight is 272 g/mol. The zero-order chi connectivity index (χ0) is 13.9. The van der Waals surface area contributed by atoms with Crippen molar-refractivity contribution in [2.75, 3.05) is 18.0 Å². The van der Waals surface area contributed by atoms with Gasteiger partial charge in [-0.3, -0.25) is 0 Å². The zero-order valence-corrected chi connectivity index (χ0v) is 10.8. The minimum atomic E-state index is -4.27. The molecule has 0 amide bonds. The molecule has 0 bridgehead atoms. The third kappa shape index (κ3) is 3.41. The topological polar surface area (TPSA) is 29.3 Å². The van der Waals surface area contributed by atoms with Crippen LogP contribution in [0.5, 0.6) is 0 Å². The highest BCUT2D eigenvalue weighted by Crippen LogP contribution is 2.32. The highest BCUT2D eigenvalue weighted by molar-refractivity contribution is 5.49. The van der Waals surface area contributed by atoms with E-state index in [4.69, 9.17) is 5.73 Å². The van der Waals surface area contributed by atoms with Crippen molar-refractivity contribution in [2.24, 2.45) is 5.73 Å². The molecular weight excluding hydrogens is 253 g/mol. The Kier molecular flexibility index (Phi) is 4.34. The van der Waals surface area contributed by atoms with Gasteiger partial charge in [0, 0.05) is 18.3 Å². The molecule has 5 heteroatoms. The predicted molar refractivity (Wildman–Crippen MR) is 70.1 cm³/mol. The average Bonchev–Trinajstić information content (AvgIpc) is 2.39. The Morgan fingerprint density at radius 1 is 1.16 bits per heavy atom. The first-order chi connectivity index (χ1) is 9.02. The van der Waals surface area contributed by atoms with Crippen molar-refractivity contribution in [3.8, 4) is 0 Å². The van der Waals surface area contributed by atoms with Gasteiger partial charge in [-0.2, -0.15) is 13.2 Å². The molecule has 1 fully saturated rings. The first-order valence-electron chi connectivity index (χ1n) is 6.66. The molecule has 0 saturated carbocycles. The van der Waals surface area contributed by atoms with Gasteiger partial charge in [0.15, 0.2) is 0 Å². The molecule has 1 aromatic rings. The van der Waals surface area contributed by atoms with Crippen molar-refractivity contribution in [2.45, 2.75) is 37.9 Å². The van der Waals surface area contributed by atoms with E-state index in [1.54, 1.807) is 12.1 Å². The maximum absolute atomic E-state index is 12.5. The van der Waals surface area contributed by atoms with Crippen molar-refractivity contribution in [1.29, 1.82) is 0 Å². The molecule has 0 radical (unpaired) electrons. The van der Waals surface area contributed by atoms with E-state index in [1.807, 2.05) is 0 Å². The minimum absolute atomic E-state index is 0.357. The molecule has 0 aromatic heterocycles. The van der Waals surface area contributed by atoms with E-state index in [0.717, 1.165) is 43.6 Å². The van der Waals surface area contributed by atoms with Crippen molar-refractivity contribution in [3.05, 3.63) is 29.8 Å². The highest BCUT2D eigenvalue weighted by atomic mass is 19.4. The molecule has 1 atom stereocenters. The number of halogens is 3. The molecule has 1 heterocycles. The van der Waals surface area contributed by atoms with Gasteiger partial charge in [0.05, 0.1) is 5.56 Å². The fourth-order valence-electron chi connectivity index (χ4n) is 2.67. The highest BCUT2D eigenvalue weighted by Gasteiger charge is 2.30. The largest absolute Gasteiger partial charge is 0.416 e. The van der Waals surface area contributed by atoms with Crippen LogP contribution < -0.4 is 10.6 Å². The molecule has 0 aliphatic carbocycles. The molecule has 2 N–H and O–H groups in total. The van der Waals surface area contributed by atoms with Gasteiger partial charge in [0.1, 0.15) is 0 Å². The normalized spacial score (nSPS) is 20.6. The van der Waals surface area contributed by atoms with Crippen LogP contribution in [0.3, 0.4) is 0 Å². The quantitative estimate of drug-likeness (QED) is 0.913. The molecule has 1 unspecified atom stereocenters. The Morgan fingerprint density at radius 2 is 1.84 bits per heavy atom. The lowest BCUT2D eigenvalue weighted by atomic mass is 9.98. The fourth-order valence-corrected chi connectivity index (χ4v) is 2.67. The van der Waals surface area contributed by atoms with E-state index in [1.165, 1.54) is 6.42 Å². The van der Waals surface area contributed by atoms with Gasteiger partial charge >= 0.3 is 6.18 Å². The fraction of sp³-hybridized carbons (Fsp3) is 0.571. The number of rotatable bonds is 3. The Bertz CT molecular complexity index is 398. The monoisotopic (exact) mass is 272 g/mol. The van der Waals surface area contributed by atoms with Gasteiger partial charge in [-0.05, 0) is 56.5 Å². The molecule has 1 aromatic carbocycles. The number of nitrogens with zero attached hydrogens (tertiary/aromatic N) is 1. The predicted octanol–water partition coefficient (Wildman–Crippen LogP) is 3.41.